The van der Waals surface area contributed by atoms with Crippen molar-refractivity contribution in [1.82, 2.24) is 20.2 Å². The second-order valence-corrected chi connectivity index (χ2v) is 6.89. The zero-order valence-electron chi connectivity index (χ0n) is 17.8. The summed E-state index contributed by atoms with van der Waals surface area (Å²) >= 11 is 0. The highest BCUT2D eigenvalue weighted by atomic mass is 127. The Morgan fingerprint density at radius 3 is 2.70 bits per heavy atom. The second kappa shape index (κ2) is 12.2. The second-order valence-electron chi connectivity index (χ2n) is 6.89. The first-order valence-corrected chi connectivity index (χ1v) is 9.83. The smallest absolute Gasteiger partial charge is 0.193 e. The molecule has 1 aromatic heterocycles. The molecule has 2 N–H and O–H groups in total. The lowest BCUT2D eigenvalue weighted by atomic mass is 10.1. The summed E-state index contributed by atoms with van der Waals surface area (Å²) in [6.07, 6.45) is 3.88. The fourth-order valence-electron chi connectivity index (χ4n) is 3.21. The van der Waals surface area contributed by atoms with Gasteiger partial charge in [-0.3, -0.25) is 4.99 Å². The number of aromatic nitrogens is 2. The van der Waals surface area contributed by atoms with Gasteiger partial charge in [0, 0.05) is 20.6 Å². The molecule has 0 atom stereocenters. The van der Waals surface area contributed by atoms with E-state index in [1.165, 1.54) is 5.56 Å². The minimum atomic E-state index is 0. The van der Waals surface area contributed by atoms with Crippen molar-refractivity contribution in [2.24, 2.45) is 4.99 Å². The van der Waals surface area contributed by atoms with E-state index in [0.717, 1.165) is 48.2 Å². The van der Waals surface area contributed by atoms with Gasteiger partial charge in [-0.1, -0.05) is 42.5 Å². The number of nitrogens with zero attached hydrogens (tertiary/aromatic N) is 3. The van der Waals surface area contributed by atoms with Crippen molar-refractivity contribution >= 4 is 29.9 Å². The first-order valence-electron chi connectivity index (χ1n) is 9.83. The Hall–Kier alpha value is -2.55. The van der Waals surface area contributed by atoms with Crippen molar-refractivity contribution in [3.8, 4) is 17.0 Å². The Kier molecular flexibility index (Phi) is 9.66. The van der Waals surface area contributed by atoms with Gasteiger partial charge in [0.25, 0.3) is 0 Å². The van der Waals surface area contributed by atoms with Crippen LogP contribution < -0.4 is 10.1 Å². The predicted molar refractivity (Wildman–Crippen MR) is 134 cm³/mol. The first-order chi connectivity index (χ1) is 14.2. The van der Waals surface area contributed by atoms with Crippen LogP contribution in [0.2, 0.25) is 0 Å². The van der Waals surface area contributed by atoms with E-state index in [-0.39, 0.29) is 24.0 Å². The number of hydrogen-bond acceptors (Lipinski definition) is 3. The molecule has 0 saturated carbocycles. The molecule has 0 saturated heterocycles. The SMILES string of the molecule is CN=C(NCCCc1cccc(OC)c1)N(C)Cc1ncc(-c2ccccc2)[nH]1.I. The fraction of sp³-hybridized carbons (Fsp3) is 0.304. The predicted octanol–water partition coefficient (Wildman–Crippen LogP) is 4.34. The van der Waals surface area contributed by atoms with E-state index in [0.29, 0.717) is 6.54 Å². The van der Waals surface area contributed by atoms with Gasteiger partial charge in [-0.05, 0) is 36.1 Å². The van der Waals surface area contributed by atoms with Gasteiger partial charge in [0.2, 0.25) is 0 Å². The summed E-state index contributed by atoms with van der Waals surface area (Å²) in [5.74, 6) is 2.67. The molecule has 30 heavy (non-hydrogen) atoms. The van der Waals surface area contributed by atoms with Gasteiger partial charge < -0.3 is 19.9 Å². The van der Waals surface area contributed by atoms with Crippen LogP contribution in [-0.2, 0) is 13.0 Å². The van der Waals surface area contributed by atoms with Crippen LogP contribution in [0.1, 0.15) is 17.8 Å². The van der Waals surface area contributed by atoms with Gasteiger partial charge in [-0.15, -0.1) is 24.0 Å². The molecule has 0 radical (unpaired) electrons. The summed E-state index contributed by atoms with van der Waals surface area (Å²) in [6, 6.07) is 18.4. The maximum atomic E-state index is 5.28. The molecule has 7 heteroatoms. The van der Waals surface area contributed by atoms with Crippen LogP contribution in [0.25, 0.3) is 11.3 Å². The third kappa shape index (κ3) is 6.76. The Morgan fingerprint density at radius 2 is 1.97 bits per heavy atom. The van der Waals surface area contributed by atoms with Crippen molar-refractivity contribution in [2.75, 3.05) is 27.7 Å². The third-order valence-electron chi connectivity index (χ3n) is 4.73. The minimum absolute atomic E-state index is 0. The van der Waals surface area contributed by atoms with E-state index < -0.39 is 0 Å². The van der Waals surface area contributed by atoms with E-state index in [1.54, 1.807) is 14.2 Å². The summed E-state index contributed by atoms with van der Waals surface area (Å²) in [4.78, 5) is 14.4. The van der Waals surface area contributed by atoms with E-state index in [2.05, 4.69) is 49.4 Å². The zero-order chi connectivity index (χ0) is 20.5. The highest BCUT2D eigenvalue weighted by Crippen LogP contribution is 2.16. The standard InChI is InChI=1S/C23H29N5O.HI/c1-24-23(25-14-8-10-18-9-7-13-20(15-18)29-3)28(2)17-22-26-16-21(27-22)19-11-5-4-6-12-19;/h4-7,9,11-13,15-16H,8,10,14,17H2,1-3H3,(H,24,25)(H,26,27);1H. The number of hydrogen-bond donors (Lipinski definition) is 2. The highest BCUT2D eigenvalue weighted by Gasteiger charge is 2.09. The molecule has 0 unspecified atom stereocenters. The normalized spacial score (nSPS) is 11.0. The monoisotopic (exact) mass is 519 g/mol. The zero-order valence-corrected chi connectivity index (χ0v) is 20.1. The molecule has 3 aromatic rings. The molecule has 0 aliphatic carbocycles. The molecule has 0 spiro atoms. The first kappa shape index (κ1) is 23.7. The summed E-state index contributed by atoms with van der Waals surface area (Å²) in [5.41, 5.74) is 3.43. The van der Waals surface area contributed by atoms with Crippen LogP contribution in [0.3, 0.4) is 0 Å². The summed E-state index contributed by atoms with van der Waals surface area (Å²) in [5, 5.41) is 3.43. The Balaban J connectivity index is 0.00000320. The van der Waals surface area contributed by atoms with Crippen molar-refractivity contribution < 1.29 is 4.74 Å². The quantitative estimate of drug-likeness (QED) is 0.201. The van der Waals surface area contributed by atoms with Gasteiger partial charge in [0.05, 0.1) is 25.5 Å². The van der Waals surface area contributed by atoms with Crippen LogP contribution in [0, 0.1) is 0 Å². The Bertz CT molecular complexity index is 926. The molecule has 160 valence electrons. The van der Waals surface area contributed by atoms with E-state index in [1.807, 2.05) is 43.6 Å². The van der Waals surface area contributed by atoms with Crippen molar-refractivity contribution in [2.45, 2.75) is 19.4 Å². The summed E-state index contributed by atoms with van der Waals surface area (Å²) in [6.45, 7) is 1.50. The molecule has 0 aliphatic rings. The maximum absolute atomic E-state index is 5.28. The maximum Gasteiger partial charge on any atom is 0.193 e. The molecule has 1 heterocycles. The lowest BCUT2D eigenvalue weighted by Gasteiger charge is -2.21. The molecule has 0 aliphatic heterocycles. The Labute approximate surface area is 195 Å². The average molecular weight is 519 g/mol. The number of imidazole rings is 1. The topological polar surface area (TPSA) is 65.5 Å². The van der Waals surface area contributed by atoms with Crippen LogP contribution in [-0.4, -0.2) is 48.6 Å². The third-order valence-corrected chi connectivity index (χ3v) is 4.73. The highest BCUT2D eigenvalue weighted by molar-refractivity contribution is 14.0. The number of methoxy groups -OCH3 is 1. The van der Waals surface area contributed by atoms with Crippen LogP contribution in [0.15, 0.2) is 65.8 Å². The van der Waals surface area contributed by atoms with E-state index in [9.17, 15) is 0 Å². The molecule has 0 fully saturated rings. The molecular formula is C23H30IN5O. The average Bonchev–Trinajstić information content (AvgIpc) is 3.23. The van der Waals surface area contributed by atoms with Gasteiger partial charge >= 0.3 is 0 Å². The van der Waals surface area contributed by atoms with Crippen LogP contribution >= 0.6 is 24.0 Å². The van der Waals surface area contributed by atoms with Gasteiger partial charge in [0.1, 0.15) is 11.6 Å². The number of rotatable bonds is 8. The molecule has 6 nitrogen and oxygen atoms in total. The lowest BCUT2D eigenvalue weighted by molar-refractivity contribution is 0.414. The molecule has 3 rings (SSSR count). The number of nitrogens with one attached hydrogen (secondary N) is 2. The number of aromatic amines is 1. The molecule has 0 amide bonds. The van der Waals surface area contributed by atoms with Gasteiger partial charge in [-0.2, -0.15) is 0 Å². The number of halogens is 1. The minimum Gasteiger partial charge on any atom is -0.497 e. The number of aliphatic imine (C=N–C) groups is 1. The van der Waals surface area contributed by atoms with Crippen LogP contribution in [0.4, 0.5) is 0 Å². The fourth-order valence-corrected chi connectivity index (χ4v) is 3.21. The van der Waals surface area contributed by atoms with Gasteiger partial charge in [0.15, 0.2) is 5.96 Å². The van der Waals surface area contributed by atoms with Gasteiger partial charge in [-0.25, -0.2) is 4.98 Å². The number of ether oxygens (including phenoxy) is 1. The Morgan fingerprint density at radius 1 is 1.17 bits per heavy atom. The van der Waals surface area contributed by atoms with Crippen LogP contribution in [0.5, 0.6) is 5.75 Å². The molecule has 0 bridgehead atoms. The van der Waals surface area contributed by atoms with E-state index in [4.69, 9.17) is 4.74 Å². The lowest BCUT2D eigenvalue weighted by Crippen LogP contribution is -2.39. The van der Waals surface area contributed by atoms with Crippen molar-refractivity contribution in [3.05, 3.63) is 72.2 Å². The number of benzene rings is 2. The summed E-state index contributed by atoms with van der Waals surface area (Å²) in [7, 11) is 5.52. The summed E-state index contributed by atoms with van der Waals surface area (Å²) < 4.78 is 5.28. The van der Waals surface area contributed by atoms with Crippen molar-refractivity contribution in [1.29, 1.82) is 0 Å². The molecule has 2 aromatic carbocycles. The number of guanidine groups is 1. The largest absolute Gasteiger partial charge is 0.497 e. The molecular weight excluding hydrogens is 489 g/mol. The number of aryl methyl sites for hydroxylation is 1. The van der Waals surface area contributed by atoms with Crippen molar-refractivity contribution in [3.63, 3.8) is 0 Å². The van der Waals surface area contributed by atoms with E-state index >= 15 is 0 Å². The number of H-pyrrole nitrogens is 1.